The smallest absolute Gasteiger partial charge is 0.000719 e. The summed E-state index contributed by atoms with van der Waals surface area (Å²) in [5.74, 6) is 0. The first kappa shape index (κ1) is 24.0. The molecule has 10 aromatic carbocycles. The first-order valence-corrected chi connectivity index (χ1v) is 15.5. The predicted octanol–water partition coefficient (Wildman–Crippen LogP) is 12.6. The lowest BCUT2D eigenvalue weighted by atomic mass is 9.83. The Bertz CT molecular complexity index is 2770. The fourth-order valence-electron chi connectivity index (χ4n) is 8.34. The van der Waals surface area contributed by atoms with Crippen LogP contribution in [0, 0.1) is 13.8 Å². The maximum absolute atomic E-state index is 2.52. The zero-order valence-corrected chi connectivity index (χ0v) is 24.7. The van der Waals surface area contributed by atoms with Crippen molar-refractivity contribution in [3.63, 3.8) is 0 Å². The second kappa shape index (κ2) is 8.56. The summed E-state index contributed by atoms with van der Waals surface area (Å²) in [6.45, 7) is 4.42. The van der Waals surface area contributed by atoms with Crippen molar-refractivity contribution < 1.29 is 0 Å². The second-order valence-electron chi connectivity index (χ2n) is 12.6. The zero-order valence-electron chi connectivity index (χ0n) is 24.7. The van der Waals surface area contributed by atoms with Crippen molar-refractivity contribution in [2.75, 3.05) is 0 Å². The quantitative estimate of drug-likeness (QED) is 0.186. The average Bonchev–Trinajstić information content (AvgIpc) is 3.55. The van der Waals surface area contributed by atoms with Gasteiger partial charge in [-0.25, -0.2) is 0 Å². The molecule has 0 saturated carbocycles. The third kappa shape index (κ3) is 3.02. The molecule has 0 aliphatic rings. The third-order valence-corrected chi connectivity index (χ3v) is 9.99. The number of fused-ring (bicyclic) bond motifs is 8. The van der Waals surface area contributed by atoms with Gasteiger partial charge in [0.05, 0.1) is 0 Å². The van der Waals surface area contributed by atoms with Gasteiger partial charge in [-0.2, -0.15) is 0 Å². The van der Waals surface area contributed by atoms with Gasteiger partial charge in [-0.3, -0.25) is 0 Å². The van der Waals surface area contributed by atoms with E-state index < -0.39 is 0 Å². The Labute approximate surface area is 255 Å². The van der Waals surface area contributed by atoms with E-state index in [2.05, 4.69) is 147 Å². The molecule has 0 bridgehead atoms. The molecule has 204 valence electrons. The van der Waals surface area contributed by atoms with Gasteiger partial charge in [-0.15, -0.1) is 0 Å². The molecule has 0 unspecified atom stereocenters. The summed E-state index contributed by atoms with van der Waals surface area (Å²) in [6.07, 6.45) is 0. The molecule has 0 saturated heterocycles. The minimum Gasteiger partial charge on any atom is -0.0616 e. The molecule has 0 atom stereocenters. The lowest BCUT2D eigenvalue weighted by Crippen LogP contribution is -1.92. The normalized spacial score (nSPS) is 12.3. The maximum atomic E-state index is 2.52. The Morgan fingerprint density at radius 3 is 1.45 bits per heavy atom. The Balaban J connectivity index is 1.61. The minimum absolute atomic E-state index is 1.28. The van der Waals surface area contributed by atoms with Gasteiger partial charge in [0.2, 0.25) is 0 Å². The van der Waals surface area contributed by atoms with E-state index in [1.165, 1.54) is 109 Å². The van der Waals surface area contributed by atoms with Crippen LogP contribution in [0.15, 0.2) is 133 Å². The van der Waals surface area contributed by atoms with E-state index in [0.29, 0.717) is 0 Å². The molecular formula is C44H28. The van der Waals surface area contributed by atoms with Crippen LogP contribution in [0.1, 0.15) is 11.1 Å². The topological polar surface area (TPSA) is 0 Å². The fraction of sp³-hybridized carbons (Fsp3) is 0.0455. The maximum Gasteiger partial charge on any atom is -0.000719 e. The lowest BCUT2D eigenvalue weighted by Gasteiger charge is -2.19. The van der Waals surface area contributed by atoms with Crippen molar-refractivity contribution in [3.8, 4) is 22.3 Å². The Hall–Kier alpha value is -5.46. The van der Waals surface area contributed by atoms with Crippen LogP contribution < -0.4 is 0 Å². The van der Waals surface area contributed by atoms with Crippen molar-refractivity contribution in [2.24, 2.45) is 0 Å². The van der Waals surface area contributed by atoms with Crippen LogP contribution in [-0.4, -0.2) is 0 Å². The molecule has 0 aromatic heterocycles. The lowest BCUT2D eigenvalue weighted by molar-refractivity contribution is 1.47. The van der Waals surface area contributed by atoms with Crippen molar-refractivity contribution in [3.05, 3.63) is 145 Å². The summed E-state index contributed by atoms with van der Waals surface area (Å²) in [6, 6.07) is 50.3. The van der Waals surface area contributed by atoms with Gasteiger partial charge in [-0.1, -0.05) is 139 Å². The Kier molecular flexibility index (Phi) is 4.67. The number of hydrogen-bond acceptors (Lipinski definition) is 0. The molecule has 0 aliphatic carbocycles. The van der Waals surface area contributed by atoms with Gasteiger partial charge < -0.3 is 0 Å². The van der Waals surface area contributed by atoms with Crippen LogP contribution in [0.5, 0.6) is 0 Å². The standard InChI is InChI=1S/C44H28/c1-25-10-5-14-28(22-25)39-37-24-36-31-17-4-3-16-30(31)32-18-9-21-35(41(32)36)42(37)40(29-15-6-11-26(2)23-29)44-34-20-8-13-27-12-7-19-33(38(27)34)43(39)44/h3-24H,1-2H3. The number of benzene rings is 8. The second-order valence-corrected chi connectivity index (χ2v) is 12.6. The van der Waals surface area contributed by atoms with E-state index in [-0.39, 0.29) is 0 Å². The van der Waals surface area contributed by atoms with Crippen LogP contribution in [0.2, 0.25) is 0 Å². The molecule has 0 radical (unpaired) electrons. The molecule has 0 aliphatic heterocycles. The number of hydrogen-bond donors (Lipinski definition) is 0. The number of aryl methyl sites for hydroxylation is 2. The molecular weight excluding hydrogens is 528 g/mol. The monoisotopic (exact) mass is 556 g/mol. The molecule has 0 N–H and O–H groups in total. The van der Waals surface area contributed by atoms with Crippen LogP contribution >= 0.6 is 0 Å². The SMILES string of the molecule is Cc1cccc(-c2c3cc4c5ccccc5c5cccc(c3c(-c3cccc(C)c3)c3c6cccc7cccc(c23)c76)c54)c1. The molecule has 0 spiro atoms. The van der Waals surface area contributed by atoms with Crippen LogP contribution in [0.4, 0.5) is 0 Å². The van der Waals surface area contributed by atoms with Gasteiger partial charge in [0.1, 0.15) is 0 Å². The van der Waals surface area contributed by atoms with Crippen LogP contribution in [0.25, 0.3) is 97.7 Å². The molecule has 10 aromatic rings. The van der Waals surface area contributed by atoms with Crippen molar-refractivity contribution in [1.29, 1.82) is 0 Å². The summed E-state index contributed by atoms with van der Waals surface area (Å²) in [7, 11) is 0. The summed E-state index contributed by atoms with van der Waals surface area (Å²) in [5, 5.41) is 18.8. The van der Waals surface area contributed by atoms with Crippen molar-refractivity contribution >= 4 is 75.4 Å². The molecule has 0 amide bonds. The van der Waals surface area contributed by atoms with Gasteiger partial charge >= 0.3 is 0 Å². The van der Waals surface area contributed by atoms with E-state index >= 15 is 0 Å². The third-order valence-electron chi connectivity index (χ3n) is 9.99. The van der Waals surface area contributed by atoms with Gasteiger partial charge in [0, 0.05) is 0 Å². The zero-order chi connectivity index (χ0) is 29.1. The van der Waals surface area contributed by atoms with Gasteiger partial charge in [0.25, 0.3) is 0 Å². The van der Waals surface area contributed by atoms with E-state index in [1.54, 1.807) is 0 Å². The summed E-state index contributed by atoms with van der Waals surface area (Å²) in [5.41, 5.74) is 7.80. The number of rotatable bonds is 2. The predicted molar refractivity (Wildman–Crippen MR) is 192 cm³/mol. The largest absolute Gasteiger partial charge is 0.0616 e. The Morgan fingerprint density at radius 2 is 0.795 bits per heavy atom. The van der Waals surface area contributed by atoms with Crippen LogP contribution in [0.3, 0.4) is 0 Å². The van der Waals surface area contributed by atoms with Crippen molar-refractivity contribution in [2.45, 2.75) is 13.8 Å². The first-order valence-electron chi connectivity index (χ1n) is 15.5. The summed E-state index contributed by atoms with van der Waals surface area (Å²) >= 11 is 0. The van der Waals surface area contributed by atoms with E-state index in [1.807, 2.05) is 0 Å². The fourth-order valence-corrected chi connectivity index (χ4v) is 8.34. The minimum atomic E-state index is 1.28. The van der Waals surface area contributed by atoms with Crippen molar-refractivity contribution in [1.82, 2.24) is 0 Å². The molecule has 0 heteroatoms. The van der Waals surface area contributed by atoms with Crippen LogP contribution in [-0.2, 0) is 0 Å². The highest BCUT2D eigenvalue weighted by molar-refractivity contribution is 6.44. The van der Waals surface area contributed by atoms with Gasteiger partial charge in [-0.05, 0) is 118 Å². The summed E-state index contributed by atoms with van der Waals surface area (Å²) in [4.78, 5) is 0. The molecule has 0 fully saturated rings. The molecule has 10 rings (SSSR count). The average molecular weight is 557 g/mol. The molecule has 0 nitrogen and oxygen atoms in total. The highest BCUT2D eigenvalue weighted by atomic mass is 14.3. The first-order chi connectivity index (χ1) is 21.7. The highest BCUT2D eigenvalue weighted by Gasteiger charge is 2.26. The Morgan fingerprint density at radius 1 is 0.295 bits per heavy atom. The molecule has 0 heterocycles. The summed E-state index contributed by atoms with van der Waals surface area (Å²) < 4.78 is 0. The van der Waals surface area contributed by atoms with E-state index in [9.17, 15) is 0 Å². The van der Waals surface area contributed by atoms with E-state index in [0.717, 1.165) is 0 Å². The molecule has 44 heavy (non-hydrogen) atoms. The van der Waals surface area contributed by atoms with Gasteiger partial charge in [0.15, 0.2) is 0 Å². The van der Waals surface area contributed by atoms with E-state index in [4.69, 9.17) is 0 Å². The highest BCUT2D eigenvalue weighted by Crippen LogP contribution is 2.54.